The maximum Gasteiger partial charge on any atom is 0.235 e. The first-order valence-corrected chi connectivity index (χ1v) is 11.9. The van der Waals surface area contributed by atoms with Crippen LogP contribution in [-0.2, 0) is 11.3 Å². The zero-order chi connectivity index (χ0) is 24.2. The Kier molecular flexibility index (Phi) is 7.11. The predicted octanol–water partition coefficient (Wildman–Crippen LogP) is 5.98. The molecule has 1 unspecified atom stereocenters. The maximum atomic E-state index is 14.1. The average Bonchev–Trinajstić information content (AvgIpc) is 2.86. The second-order valence-corrected chi connectivity index (χ2v) is 9.32. The molecular formula is C29H34N2O3. The quantitative estimate of drug-likeness (QED) is 0.437. The number of methoxy groups -OCH3 is 1. The highest BCUT2D eigenvalue weighted by Gasteiger charge is 2.32. The lowest BCUT2D eigenvalue weighted by Crippen LogP contribution is -2.36. The van der Waals surface area contributed by atoms with E-state index in [0.29, 0.717) is 25.5 Å². The van der Waals surface area contributed by atoms with Crippen LogP contribution in [0.15, 0.2) is 66.7 Å². The van der Waals surface area contributed by atoms with E-state index < -0.39 is 0 Å². The summed E-state index contributed by atoms with van der Waals surface area (Å²) in [5.74, 6) is 1.72. The molecule has 178 valence electrons. The Morgan fingerprint density at radius 1 is 1.00 bits per heavy atom. The summed E-state index contributed by atoms with van der Waals surface area (Å²) in [7, 11) is 5.69. The highest BCUT2D eigenvalue weighted by atomic mass is 16.5. The zero-order valence-electron chi connectivity index (χ0n) is 20.7. The van der Waals surface area contributed by atoms with Crippen molar-refractivity contribution < 1.29 is 14.3 Å². The SMILES string of the molecule is COc1ccc2c(c1)C(C(=O)N(Cc1ccc(N(C)C)cc1)c1ccc(C(C)C)cc1)CCO2. The van der Waals surface area contributed by atoms with Crippen LogP contribution in [0.2, 0.25) is 0 Å². The van der Waals surface area contributed by atoms with Crippen molar-refractivity contribution in [3.8, 4) is 11.5 Å². The van der Waals surface area contributed by atoms with E-state index in [4.69, 9.17) is 9.47 Å². The van der Waals surface area contributed by atoms with E-state index in [-0.39, 0.29) is 11.8 Å². The lowest BCUT2D eigenvalue weighted by Gasteiger charge is -2.31. The molecule has 0 saturated heterocycles. The molecule has 3 aromatic rings. The first-order chi connectivity index (χ1) is 16.4. The third-order valence-electron chi connectivity index (χ3n) is 6.49. The van der Waals surface area contributed by atoms with Crippen LogP contribution in [0.4, 0.5) is 11.4 Å². The normalized spacial score (nSPS) is 14.8. The number of nitrogens with zero attached hydrogens (tertiary/aromatic N) is 2. The number of rotatable bonds is 7. The van der Waals surface area contributed by atoms with Crippen LogP contribution in [0.3, 0.4) is 0 Å². The summed E-state index contributed by atoms with van der Waals surface area (Å²) < 4.78 is 11.3. The van der Waals surface area contributed by atoms with E-state index >= 15 is 0 Å². The fraction of sp³-hybridized carbons (Fsp3) is 0.345. The minimum atomic E-state index is -0.287. The first kappa shape index (κ1) is 23.7. The molecule has 1 amide bonds. The fourth-order valence-electron chi connectivity index (χ4n) is 4.36. The molecule has 0 N–H and O–H groups in total. The van der Waals surface area contributed by atoms with E-state index in [1.54, 1.807) is 7.11 Å². The lowest BCUT2D eigenvalue weighted by molar-refractivity contribution is -0.120. The molecule has 0 saturated carbocycles. The maximum absolute atomic E-state index is 14.1. The van der Waals surface area contributed by atoms with E-state index in [0.717, 1.165) is 34.0 Å². The van der Waals surface area contributed by atoms with Gasteiger partial charge in [0.05, 0.1) is 26.2 Å². The number of ether oxygens (including phenoxy) is 2. The predicted molar refractivity (Wildman–Crippen MR) is 138 cm³/mol. The molecule has 0 bridgehead atoms. The number of fused-ring (bicyclic) bond motifs is 1. The van der Waals surface area contributed by atoms with Crippen LogP contribution in [0.25, 0.3) is 0 Å². The van der Waals surface area contributed by atoms with Crippen LogP contribution in [0.1, 0.15) is 48.8 Å². The largest absolute Gasteiger partial charge is 0.497 e. The van der Waals surface area contributed by atoms with Crippen molar-refractivity contribution in [2.75, 3.05) is 37.6 Å². The van der Waals surface area contributed by atoms with Crippen LogP contribution < -0.4 is 19.3 Å². The summed E-state index contributed by atoms with van der Waals surface area (Å²) in [6, 6.07) is 22.5. The molecule has 1 heterocycles. The van der Waals surface area contributed by atoms with Crippen LogP contribution in [-0.4, -0.2) is 33.7 Å². The smallest absolute Gasteiger partial charge is 0.235 e. The number of hydrogen-bond donors (Lipinski definition) is 0. The highest BCUT2D eigenvalue weighted by Crippen LogP contribution is 2.38. The Morgan fingerprint density at radius 2 is 1.68 bits per heavy atom. The van der Waals surface area contributed by atoms with Gasteiger partial charge < -0.3 is 19.3 Å². The van der Waals surface area contributed by atoms with E-state index in [1.807, 2.05) is 37.2 Å². The molecule has 0 spiro atoms. The monoisotopic (exact) mass is 458 g/mol. The van der Waals surface area contributed by atoms with Crippen LogP contribution >= 0.6 is 0 Å². The Labute approximate surface area is 202 Å². The van der Waals surface area contributed by atoms with Crippen molar-refractivity contribution in [1.82, 2.24) is 0 Å². The molecule has 5 heteroatoms. The summed E-state index contributed by atoms with van der Waals surface area (Å²) in [6.07, 6.45) is 0.638. The van der Waals surface area contributed by atoms with Crippen molar-refractivity contribution in [3.63, 3.8) is 0 Å². The Hall–Kier alpha value is -3.47. The van der Waals surface area contributed by atoms with Gasteiger partial charge in [-0.05, 0) is 65.9 Å². The van der Waals surface area contributed by atoms with E-state index in [9.17, 15) is 4.79 Å². The van der Waals surface area contributed by atoms with Crippen molar-refractivity contribution in [1.29, 1.82) is 0 Å². The molecule has 5 nitrogen and oxygen atoms in total. The van der Waals surface area contributed by atoms with Gasteiger partial charge in [0.2, 0.25) is 5.91 Å². The highest BCUT2D eigenvalue weighted by molar-refractivity contribution is 5.98. The zero-order valence-corrected chi connectivity index (χ0v) is 20.7. The number of amides is 1. The van der Waals surface area contributed by atoms with Gasteiger partial charge in [-0.15, -0.1) is 0 Å². The van der Waals surface area contributed by atoms with Gasteiger partial charge in [-0.3, -0.25) is 4.79 Å². The minimum absolute atomic E-state index is 0.0757. The number of carbonyl (C=O) groups is 1. The van der Waals surface area contributed by atoms with Crippen LogP contribution in [0, 0.1) is 0 Å². The van der Waals surface area contributed by atoms with Crippen LogP contribution in [0.5, 0.6) is 11.5 Å². The van der Waals surface area contributed by atoms with Crippen molar-refractivity contribution in [3.05, 3.63) is 83.4 Å². The van der Waals surface area contributed by atoms with Crippen molar-refractivity contribution >= 4 is 17.3 Å². The number of benzene rings is 3. The number of hydrogen-bond acceptors (Lipinski definition) is 4. The molecular weight excluding hydrogens is 424 g/mol. The molecule has 3 aromatic carbocycles. The molecule has 1 aliphatic rings. The van der Waals surface area contributed by atoms with Gasteiger partial charge in [-0.1, -0.05) is 38.1 Å². The van der Waals surface area contributed by atoms with Gasteiger partial charge >= 0.3 is 0 Å². The van der Waals surface area contributed by atoms with Gasteiger partial charge in [0.25, 0.3) is 0 Å². The molecule has 1 aliphatic heterocycles. The van der Waals surface area contributed by atoms with E-state index in [2.05, 4.69) is 67.3 Å². The Bertz CT molecular complexity index is 1120. The average molecular weight is 459 g/mol. The minimum Gasteiger partial charge on any atom is -0.497 e. The summed E-state index contributed by atoms with van der Waals surface area (Å²) in [5.41, 5.74) is 5.27. The number of anilines is 2. The lowest BCUT2D eigenvalue weighted by atomic mass is 9.91. The molecule has 0 aliphatic carbocycles. The Balaban J connectivity index is 1.70. The van der Waals surface area contributed by atoms with Crippen molar-refractivity contribution in [2.45, 2.75) is 38.6 Å². The topological polar surface area (TPSA) is 42.0 Å². The number of carbonyl (C=O) groups excluding carboxylic acids is 1. The standard InChI is InChI=1S/C29H34N2O3/c1-20(2)22-8-12-24(13-9-22)31(19-21-6-10-23(11-7-21)30(3)4)29(32)26-16-17-34-28-15-14-25(33-5)18-27(26)28/h6-15,18,20,26H,16-17,19H2,1-5H3. The fourth-order valence-corrected chi connectivity index (χ4v) is 4.36. The molecule has 1 atom stereocenters. The summed E-state index contributed by atoms with van der Waals surface area (Å²) in [4.78, 5) is 18.1. The molecule has 0 aromatic heterocycles. The third kappa shape index (κ3) is 5.04. The molecule has 34 heavy (non-hydrogen) atoms. The molecule has 0 fully saturated rings. The summed E-state index contributed by atoms with van der Waals surface area (Å²) >= 11 is 0. The van der Waals surface area contributed by atoms with Crippen molar-refractivity contribution in [2.24, 2.45) is 0 Å². The summed E-state index contributed by atoms with van der Waals surface area (Å²) in [5, 5.41) is 0. The van der Waals surface area contributed by atoms with Gasteiger partial charge in [0.1, 0.15) is 11.5 Å². The second kappa shape index (κ2) is 10.2. The van der Waals surface area contributed by atoms with Gasteiger partial charge in [0.15, 0.2) is 0 Å². The van der Waals surface area contributed by atoms with E-state index in [1.165, 1.54) is 5.56 Å². The van der Waals surface area contributed by atoms with Gasteiger partial charge in [-0.25, -0.2) is 0 Å². The Morgan fingerprint density at radius 3 is 2.29 bits per heavy atom. The van der Waals surface area contributed by atoms with Gasteiger partial charge in [-0.2, -0.15) is 0 Å². The molecule has 0 radical (unpaired) electrons. The first-order valence-electron chi connectivity index (χ1n) is 11.9. The van der Waals surface area contributed by atoms with Gasteiger partial charge in [0, 0.05) is 31.0 Å². The second-order valence-electron chi connectivity index (χ2n) is 9.32. The molecule has 4 rings (SSSR count). The third-order valence-corrected chi connectivity index (χ3v) is 6.49. The summed E-state index contributed by atoms with van der Waals surface area (Å²) in [6.45, 7) is 5.38.